The van der Waals surface area contributed by atoms with Crippen LogP contribution in [0.3, 0.4) is 0 Å². The average Bonchev–Trinajstić information content (AvgIpc) is 3.63. The van der Waals surface area contributed by atoms with E-state index >= 15 is 0 Å². The molecular weight excluding hydrogens is 507 g/mol. The molecule has 0 saturated carbocycles. The van der Waals surface area contributed by atoms with Gasteiger partial charge in [-0.1, -0.05) is 0 Å². The van der Waals surface area contributed by atoms with Crippen LogP contribution in [0.25, 0.3) is 5.69 Å². The van der Waals surface area contributed by atoms with Crippen molar-refractivity contribution in [2.75, 3.05) is 55.8 Å². The lowest BCUT2D eigenvalue weighted by Gasteiger charge is -2.38. The number of benzene rings is 1. The molecule has 3 aliphatic rings. The van der Waals surface area contributed by atoms with E-state index in [1.807, 2.05) is 37.3 Å². The summed E-state index contributed by atoms with van der Waals surface area (Å²) >= 11 is 1.75. The largest absolute Gasteiger partial charge is 0.444 e. The van der Waals surface area contributed by atoms with Crippen LogP contribution in [0.4, 0.5) is 15.0 Å². The molecule has 1 aromatic carbocycles. The first-order valence-corrected chi connectivity index (χ1v) is 14.4. The van der Waals surface area contributed by atoms with Crippen LogP contribution in [0, 0.1) is 12.7 Å². The number of likely N-dealkylation sites (tertiary alicyclic amines) is 1. The number of aryl methyl sites for hydroxylation is 1. The maximum Gasteiger partial charge on any atom is 0.411 e. The number of piperazine rings is 1. The molecule has 0 aliphatic carbocycles. The lowest BCUT2D eigenvalue weighted by Crippen LogP contribution is -2.51. The zero-order valence-electron chi connectivity index (χ0n) is 22.6. The number of ether oxygens (including phenoxy) is 1. The quantitative estimate of drug-likeness (QED) is 0.585. The number of halogens is 1. The number of rotatable bonds is 4. The van der Waals surface area contributed by atoms with Crippen molar-refractivity contribution in [1.82, 2.24) is 24.5 Å². The lowest BCUT2D eigenvalue weighted by atomic mass is 10.1. The monoisotopic (exact) mass is 544 g/mol. The predicted octanol–water partition coefficient (Wildman–Crippen LogP) is 3.35. The average molecular weight is 545 g/mol. The minimum atomic E-state index is -0.622. The van der Waals surface area contributed by atoms with Gasteiger partial charge in [0.15, 0.2) is 0 Å². The van der Waals surface area contributed by atoms with Crippen LogP contribution in [0.5, 0.6) is 0 Å². The first-order chi connectivity index (χ1) is 18.1. The Labute approximate surface area is 227 Å². The van der Waals surface area contributed by atoms with Crippen LogP contribution in [0.15, 0.2) is 30.3 Å². The molecule has 5 rings (SSSR count). The van der Waals surface area contributed by atoms with Crippen LogP contribution in [-0.2, 0) is 9.53 Å². The zero-order chi connectivity index (χ0) is 27.0. The summed E-state index contributed by atoms with van der Waals surface area (Å²) in [5.74, 6) is 2.35. The fourth-order valence-corrected chi connectivity index (χ4v) is 6.39. The molecule has 2 amide bonds. The van der Waals surface area contributed by atoms with Gasteiger partial charge in [0.1, 0.15) is 23.3 Å². The molecule has 0 spiro atoms. The molecule has 3 fully saturated rings. The number of carbonyl (C=O) groups excluding carboxylic acids is 2. The molecule has 11 heteroatoms. The van der Waals surface area contributed by atoms with Gasteiger partial charge in [0.25, 0.3) is 0 Å². The highest BCUT2D eigenvalue weighted by Crippen LogP contribution is 2.30. The van der Waals surface area contributed by atoms with Crippen molar-refractivity contribution in [2.24, 2.45) is 0 Å². The van der Waals surface area contributed by atoms with Crippen molar-refractivity contribution < 1.29 is 18.7 Å². The van der Waals surface area contributed by atoms with E-state index in [4.69, 9.17) is 4.74 Å². The van der Waals surface area contributed by atoms with Crippen LogP contribution in [-0.4, -0.2) is 105 Å². The Morgan fingerprint density at radius 3 is 2.42 bits per heavy atom. The molecule has 2 aromatic rings. The topological polar surface area (TPSA) is 74.2 Å². The van der Waals surface area contributed by atoms with E-state index in [2.05, 4.69) is 21.0 Å². The number of amides is 2. The number of thioether (sulfide) groups is 1. The summed E-state index contributed by atoms with van der Waals surface area (Å²) in [5, 5.41) is 4.64. The first-order valence-electron chi connectivity index (χ1n) is 13.3. The second kappa shape index (κ2) is 10.8. The summed E-state index contributed by atoms with van der Waals surface area (Å²) in [6.45, 7) is 11.9. The fraction of sp³-hybridized carbons (Fsp3) is 0.593. The van der Waals surface area contributed by atoms with Gasteiger partial charge < -0.3 is 14.5 Å². The highest BCUT2D eigenvalue weighted by molar-refractivity contribution is 7.99. The van der Waals surface area contributed by atoms with Gasteiger partial charge in [0.2, 0.25) is 5.91 Å². The zero-order valence-corrected chi connectivity index (χ0v) is 23.4. The van der Waals surface area contributed by atoms with Crippen molar-refractivity contribution in [3.63, 3.8) is 0 Å². The SMILES string of the molecule is Cc1cc(N2CCN([C@H]3C[C@@H](C(=O)N4CCSC4)N(C(=O)OC(C)(C)C)C3)CC2)n(-c2ccc(F)cc2)n1. The molecule has 38 heavy (non-hydrogen) atoms. The van der Waals surface area contributed by atoms with Gasteiger partial charge in [-0.25, -0.2) is 13.9 Å². The van der Waals surface area contributed by atoms with E-state index in [0.717, 1.165) is 55.7 Å². The molecule has 9 nitrogen and oxygen atoms in total. The van der Waals surface area contributed by atoms with Gasteiger partial charge in [0, 0.05) is 57.1 Å². The molecule has 4 heterocycles. The van der Waals surface area contributed by atoms with E-state index in [9.17, 15) is 14.0 Å². The first kappa shape index (κ1) is 26.8. The van der Waals surface area contributed by atoms with Gasteiger partial charge in [-0.15, -0.1) is 11.8 Å². The van der Waals surface area contributed by atoms with E-state index in [1.54, 1.807) is 28.8 Å². The van der Waals surface area contributed by atoms with E-state index in [1.165, 1.54) is 12.1 Å². The summed E-state index contributed by atoms with van der Waals surface area (Å²) in [7, 11) is 0. The minimum Gasteiger partial charge on any atom is -0.444 e. The van der Waals surface area contributed by atoms with Gasteiger partial charge in [0.05, 0.1) is 17.3 Å². The van der Waals surface area contributed by atoms with Gasteiger partial charge in [-0.2, -0.15) is 5.10 Å². The Morgan fingerprint density at radius 2 is 1.79 bits per heavy atom. The second-order valence-electron chi connectivity index (χ2n) is 11.2. The third-order valence-corrected chi connectivity index (χ3v) is 8.26. The van der Waals surface area contributed by atoms with E-state index < -0.39 is 17.7 Å². The summed E-state index contributed by atoms with van der Waals surface area (Å²) in [6.07, 6.45) is 0.203. The predicted molar refractivity (Wildman–Crippen MR) is 146 cm³/mol. The Balaban J connectivity index is 1.27. The molecule has 3 saturated heterocycles. The standard InChI is InChI=1S/C27H37FN6O3S/c1-19-15-24(34(29-19)21-7-5-20(28)6-8-21)31-11-9-30(10-12-31)22-16-23(25(35)32-13-14-38-18-32)33(17-22)26(36)37-27(2,3)4/h5-8,15,22-23H,9-14,16-18H2,1-4H3/t22-,23-/m0/s1. The van der Waals surface area contributed by atoms with Crippen molar-refractivity contribution in [3.8, 4) is 5.69 Å². The summed E-state index contributed by atoms with van der Waals surface area (Å²) < 4.78 is 21.0. The molecule has 1 aromatic heterocycles. The molecule has 0 unspecified atom stereocenters. The molecular formula is C27H37FN6O3S. The summed E-state index contributed by atoms with van der Waals surface area (Å²) in [4.78, 5) is 34.7. The second-order valence-corrected chi connectivity index (χ2v) is 12.3. The third kappa shape index (κ3) is 5.78. The van der Waals surface area contributed by atoms with Gasteiger partial charge >= 0.3 is 6.09 Å². The van der Waals surface area contributed by atoms with Crippen molar-refractivity contribution in [1.29, 1.82) is 0 Å². The van der Waals surface area contributed by atoms with Crippen molar-refractivity contribution in [2.45, 2.75) is 51.8 Å². The molecule has 0 N–H and O–H groups in total. The molecule has 0 bridgehead atoms. The maximum atomic E-state index is 13.5. The summed E-state index contributed by atoms with van der Waals surface area (Å²) in [6, 6.07) is 8.03. The van der Waals surface area contributed by atoms with E-state index in [0.29, 0.717) is 18.8 Å². The number of hydrogen-bond acceptors (Lipinski definition) is 7. The lowest BCUT2D eigenvalue weighted by molar-refractivity contribution is -0.134. The fourth-order valence-electron chi connectivity index (χ4n) is 5.43. The number of aromatic nitrogens is 2. The maximum absolute atomic E-state index is 13.5. The van der Waals surface area contributed by atoms with Crippen LogP contribution in [0.2, 0.25) is 0 Å². The molecule has 206 valence electrons. The number of nitrogens with zero attached hydrogens (tertiary/aromatic N) is 6. The highest BCUT2D eigenvalue weighted by Gasteiger charge is 2.45. The van der Waals surface area contributed by atoms with Gasteiger partial charge in [-0.3, -0.25) is 14.6 Å². The smallest absolute Gasteiger partial charge is 0.411 e. The minimum absolute atomic E-state index is 0.0284. The summed E-state index contributed by atoms with van der Waals surface area (Å²) in [5.41, 5.74) is 1.10. The number of carbonyl (C=O) groups is 2. The van der Waals surface area contributed by atoms with Crippen LogP contribution in [0.1, 0.15) is 32.9 Å². The highest BCUT2D eigenvalue weighted by atomic mass is 32.2. The van der Waals surface area contributed by atoms with Crippen molar-refractivity contribution >= 4 is 29.6 Å². The molecule has 2 atom stereocenters. The van der Waals surface area contributed by atoms with Gasteiger partial charge in [-0.05, 0) is 58.4 Å². The van der Waals surface area contributed by atoms with Crippen LogP contribution < -0.4 is 4.90 Å². The number of hydrogen-bond donors (Lipinski definition) is 0. The van der Waals surface area contributed by atoms with Crippen LogP contribution >= 0.6 is 11.8 Å². The molecule has 0 radical (unpaired) electrons. The molecule has 3 aliphatic heterocycles. The van der Waals surface area contributed by atoms with Crippen molar-refractivity contribution in [3.05, 3.63) is 41.8 Å². The Kier molecular flexibility index (Phi) is 7.59. The Morgan fingerprint density at radius 1 is 1.08 bits per heavy atom. The Hall–Kier alpha value is -2.79. The normalized spacial score (nSPS) is 22.8. The van der Waals surface area contributed by atoms with E-state index in [-0.39, 0.29) is 17.8 Å². The Bertz CT molecular complexity index is 1150. The number of anilines is 1. The third-order valence-electron chi connectivity index (χ3n) is 7.29.